The molecule has 4 nitrogen and oxygen atoms in total. The zero-order chi connectivity index (χ0) is 18.1. The lowest BCUT2D eigenvalue weighted by atomic mass is 9.98. The monoisotopic (exact) mass is 370 g/mol. The summed E-state index contributed by atoms with van der Waals surface area (Å²) in [6.45, 7) is 0. The van der Waals surface area contributed by atoms with E-state index in [-0.39, 0.29) is 12.1 Å². The number of piperidine rings is 1. The highest BCUT2D eigenvalue weighted by molar-refractivity contribution is 6.30. The standard InChI is InChI=1S/C21H23ClN2O2/c1-24-17-9-10-18(24)13-16(12-17)23-21(25)26-20-8-3-2-7-19(20)14-5-4-6-15(22)11-14/h2-8,11,16-18H,9-10,12-13H2,1H3,(H,23,25). The van der Waals surface area contributed by atoms with Crippen molar-refractivity contribution in [3.63, 3.8) is 0 Å². The summed E-state index contributed by atoms with van der Waals surface area (Å²) in [6, 6.07) is 16.4. The average molecular weight is 371 g/mol. The molecule has 1 N–H and O–H groups in total. The third kappa shape index (κ3) is 3.57. The molecule has 0 saturated carbocycles. The molecular formula is C21H23ClN2O2. The van der Waals surface area contributed by atoms with Gasteiger partial charge in [0.2, 0.25) is 0 Å². The van der Waals surface area contributed by atoms with Gasteiger partial charge in [0.1, 0.15) is 5.75 Å². The van der Waals surface area contributed by atoms with Gasteiger partial charge in [0.25, 0.3) is 0 Å². The van der Waals surface area contributed by atoms with Gasteiger partial charge in [0.15, 0.2) is 0 Å². The number of carbonyl (C=O) groups is 1. The molecule has 2 aromatic carbocycles. The molecule has 2 aliphatic rings. The highest BCUT2D eigenvalue weighted by Gasteiger charge is 2.39. The summed E-state index contributed by atoms with van der Waals surface area (Å²) in [5.74, 6) is 0.545. The number of rotatable bonds is 3. The number of hydrogen-bond donors (Lipinski definition) is 1. The molecule has 0 spiro atoms. The molecule has 4 rings (SSSR count). The molecular weight excluding hydrogens is 348 g/mol. The van der Waals surface area contributed by atoms with E-state index in [2.05, 4.69) is 17.3 Å². The van der Waals surface area contributed by atoms with E-state index in [9.17, 15) is 4.79 Å². The van der Waals surface area contributed by atoms with Crippen LogP contribution in [0.15, 0.2) is 48.5 Å². The fourth-order valence-electron chi connectivity index (χ4n) is 4.28. The van der Waals surface area contributed by atoms with Gasteiger partial charge in [-0.2, -0.15) is 0 Å². The molecule has 2 saturated heterocycles. The van der Waals surface area contributed by atoms with Crippen molar-refractivity contribution in [2.24, 2.45) is 0 Å². The molecule has 2 aliphatic heterocycles. The maximum absolute atomic E-state index is 12.5. The van der Waals surface area contributed by atoms with Crippen LogP contribution in [0.5, 0.6) is 5.75 Å². The van der Waals surface area contributed by atoms with E-state index in [4.69, 9.17) is 16.3 Å². The minimum Gasteiger partial charge on any atom is -0.410 e. The Labute approximate surface area is 159 Å². The molecule has 2 aromatic rings. The van der Waals surface area contributed by atoms with Crippen molar-refractivity contribution in [2.45, 2.75) is 43.8 Å². The largest absolute Gasteiger partial charge is 0.412 e. The molecule has 26 heavy (non-hydrogen) atoms. The predicted molar refractivity (Wildman–Crippen MR) is 104 cm³/mol. The van der Waals surface area contributed by atoms with Crippen molar-refractivity contribution in [3.05, 3.63) is 53.6 Å². The van der Waals surface area contributed by atoms with Crippen molar-refractivity contribution in [2.75, 3.05) is 7.05 Å². The van der Waals surface area contributed by atoms with Crippen molar-refractivity contribution in [3.8, 4) is 16.9 Å². The first-order chi connectivity index (χ1) is 12.6. The van der Waals surface area contributed by atoms with Crippen molar-refractivity contribution in [1.29, 1.82) is 0 Å². The minimum atomic E-state index is -0.381. The van der Waals surface area contributed by atoms with Gasteiger partial charge >= 0.3 is 6.09 Å². The van der Waals surface area contributed by atoms with Crippen LogP contribution in [0.3, 0.4) is 0 Å². The second-order valence-electron chi connectivity index (χ2n) is 7.26. The van der Waals surface area contributed by atoms with E-state index >= 15 is 0 Å². The lowest BCUT2D eigenvalue weighted by molar-refractivity contribution is 0.141. The molecule has 2 atom stereocenters. The van der Waals surface area contributed by atoms with E-state index in [0.29, 0.717) is 22.9 Å². The summed E-state index contributed by atoms with van der Waals surface area (Å²) in [4.78, 5) is 14.9. The number of nitrogens with one attached hydrogen (secondary N) is 1. The van der Waals surface area contributed by atoms with Gasteiger partial charge < -0.3 is 15.0 Å². The Hall–Kier alpha value is -2.04. The normalized spacial score (nSPS) is 25.1. The van der Waals surface area contributed by atoms with Crippen LogP contribution in [-0.4, -0.2) is 36.2 Å². The summed E-state index contributed by atoms with van der Waals surface area (Å²) < 4.78 is 5.65. The molecule has 0 radical (unpaired) electrons. The topological polar surface area (TPSA) is 41.6 Å². The van der Waals surface area contributed by atoms with Gasteiger partial charge in [-0.1, -0.05) is 41.9 Å². The molecule has 5 heteroatoms. The summed E-state index contributed by atoms with van der Waals surface area (Å²) in [6.07, 6.45) is 4.07. The van der Waals surface area contributed by atoms with Crippen LogP contribution in [0.25, 0.3) is 11.1 Å². The molecule has 2 unspecified atom stereocenters. The second-order valence-corrected chi connectivity index (χ2v) is 7.70. The van der Waals surface area contributed by atoms with Crippen LogP contribution < -0.4 is 10.1 Å². The number of nitrogens with zero attached hydrogens (tertiary/aromatic N) is 1. The lowest BCUT2D eigenvalue weighted by Crippen LogP contribution is -2.49. The number of carbonyl (C=O) groups excluding carboxylic acids is 1. The van der Waals surface area contributed by atoms with E-state index < -0.39 is 0 Å². The molecule has 0 aliphatic carbocycles. The maximum Gasteiger partial charge on any atom is 0.412 e. The van der Waals surface area contributed by atoms with Gasteiger partial charge in [-0.15, -0.1) is 0 Å². The van der Waals surface area contributed by atoms with Gasteiger partial charge in [0, 0.05) is 28.7 Å². The zero-order valence-electron chi connectivity index (χ0n) is 14.8. The van der Waals surface area contributed by atoms with E-state index in [1.54, 1.807) is 0 Å². The van der Waals surface area contributed by atoms with Crippen LogP contribution in [0.4, 0.5) is 4.79 Å². The first-order valence-electron chi connectivity index (χ1n) is 9.15. The highest BCUT2D eigenvalue weighted by atomic mass is 35.5. The molecule has 0 aromatic heterocycles. The number of halogens is 1. The fraction of sp³-hybridized carbons (Fsp3) is 0.381. The summed E-state index contributed by atoms with van der Waals surface area (Å²) in [7, 11) is 2.19. The molecule has 2 fully saturated rings. The lowest BCUT2D eigenvalue weighted by Gasteiger charge is -2.36. The zero-order valence-corrected chi connectivity index (χ0v) is 15.6. The van der Waals surface area contributed by atoms with E-state index in [0.717, 1.165) is 24.0 Å². The average Bonchev–Trinajstić information content (AvgIpc) is 2.83. The van der Waals surface area contributed by atoms with Crippen LogP contribution in [0.2, 0.25) is 5.02 Å². The second kappa shape index (κ2) is 7.29. The Morgan fingerprint density at radius 2 is 1.85 bits per heavy atom. The minimum absolute atomic E-state index is 0.189. The van der Waals surface area contributed by atoms with Crippen LogP contribution >= 0.6 is 11.6 Å². The number of ether oxygens (including phenoxy) is 1. The molecule has 1 amide bonds. The number of amides is 1. The smallest absolute Gasteiger partial charge is 0.410 e. The number of para-hydroxylation sites is 1. The van der Waals surface area contributed by atoms with Crippen molar-refractivity contribution < 1.29 is 9.53 Å². The number of hydrogen-bond acceptors (Lipinski definition) is 3. The van der Waals surface area contributed by atoms with E-state index in [1.807, 2.05) is 48.5 Å². The third-order valence-electron chi connectivity index (χ3n) is 5.65. The summed E-state index contributed by atoms with van der Waals surface area (Å²) in [5, 5.41) is 3.72. The fourth-order valence-corrected chi connectivity index (χ4v) is 4.47. The Morgan fingerprint density at radius 1 is 1.12 bits per heavy atom. The van der Waals surface area contributed by atoms with Crippen LogP contribution in [-0.2, 0) is 0 Å². The van der Waals surface area contributed by atoms with Gasteiger partial charge in [-0.05, 0) is 56.5 Å². The van der Waals surface area contributed by atoms with Gasteiger partial charge in [-0.3, -0.25) is 0 Å². The van der Waals surface area contributed by atoms with Crippen molar-refractivity contribution in [1.82, 2.24) is 10.2 Å². The maximum atomic E-state index is 12.5. The Balaban J connectivity index is 1.45. The Morgan fingerprint density at radius 3 is 2.58 bits per heavy atom. The van der Waals surface area contributed by atoms with E-state index in [1.165, 1.54) is 12.8 Å². The van der Waals surface area contributed by atoms with Crippen LogP contribution in [0, 0.1) is 0 Å². The first kappa shape index (κ1) is 17.4. The van der Waals surface area contributed by atoms with Crippen molar-refractivity contribution >= 4 is 17.7 Å². The predicted octanol–water partition coefficient (Wildman–Crippen LogP) is 4.72. The van der Waals surface area contributed by atoms with Gasteiger partial charge in [-0.25, -0.2) is 4.79 Å². The molecule has 136 valence electrons. The summed E-state index contributed by atoms with van der Waals surface area (Å²) in [5.41, 5.74) is 1.78. The number of fused-ring (bicyclic) bond motifs is 2. The Bertz CT molecular complexity index is 796. The molecule has 2 bridgehead atoms. The first-order valence-corrected chi connectivity index (χ1v) is 9.53. The summed E-state index contributed by atoms with van der Waals surface area (Å²) >= 11 is 6.10. The third-order valence-corrected chi connectivity index (χ3v) is 5.88. The SMILES string of the molecule is CN1C2CCC1CC(NC(=O)Oc1ccccc1-c1cccc(Cl)c1)C2. The van der Waals surface area contributed by atoms with Gasteiger partial charge in [0.05, 0.1) is 0 Å². The highest BCUT2D eigenvalue weighted by Crippen LogP contribution is 2.35. The quantitative estimate of drug-likeness (QED) is 0.849. The van der Waals surface area contributed by atoms with Crippen LogP contribution in [0.1, 0.15) is 25.7 Å². The Kier molecular flexibility index (Phi) is 4.88. The molecule has 2 heterocycles. The number of benzene rings is 2.